The summed E-state index contributed by atoms with van der Waals surface area (Å²) in [6.07, 6.45) is 8.74. The maximum atomic E-state index is 12.3. The molecule has 0 spiro atoms. The topological polar surface area (TPSA) is 77.4 Å². The summed E-state index contributed by atoms with van der Waals surface area (Å²) in [5, 5.41) is 10.3. The van der Waals surface area contributed by atoms with Gasteiger partial charge in [0.15, 0.2) is 0 Å². The lowest BCUT2D eigenvalue weighted by Crippen LogP contribution is -2.53. The molecule has 0 unspecified atom stereocenters. The molecule has 2 N–H and O–H groups in total. The van der Waals surface area contributed by atoms with E-state index in [2.05, 4.69) is 15.7 Å². The number of amides is 2. The third-order valence-electron chi connectivity index (χ3n) is 5.21. The van der Waals surface area contributed by atoms with E-state index in [4.69, 9.17) is 9.47 Å². The molecule has 1 aliphatic heterocycles. The number of carbonyl (C=O) groups is 1. The summed E-state index contributed by atoms with van der Waals surface area (Å²) in [6.45, 7) is 4.15. The minimum absolute atomic E-state index is 0.0341. The average Bonchev–Trinajstić information content (AvgIpc) is 3.04. The minimum Gasteiger partial charge on any atom is -0.376 e. The molecule has 2 fully saturated rings. The molecule has 134 valence electrons. The first-order chi connectivity index (χ1) is 11.7. The zero-order valence-corrected chi connectivity index (χ0v) is 14.6. The second-order valence-corrected chi connectivity index (χ2v) is 6.74. The van der Waals surface area contributed by atoms with Crippen LogP contribution in [0.1, 0.15) is 50.7 Å². The molecule has 2 amide bonds. The van der Waals surface area contributed by atoms with Crippen LogP contribution in [0.15, 0.2) is 12.4 Å². The summed E-state index contributed by atoms with van der Waals surface area (Å²) >= 11 is 0. The van der Waals surface area contributed by atoms with Crippen LogP contribution in [-0.2, 0) is 16.0 Å². The number of nitrogens with one attached hydrogen (secondary N) is 2. The van der Waals surface area contributed by atoms with E-state index in [1.54, 1.807) is 7.11 Å². The SMILES string of the molecule is CCn1cc([C@H]2OCCC[C@@H]2NC(=O)NCC2(OC)CCC2)cn1. The van der Waals surface area contributed by atoms with Crippen LogP contribution in [0.5, 0.6) is 0 Å². The Bertz CT molecular complexity index is 550. The van der Waals surface area contributed by atoms with Gasteiger partial charge in [0.05, 0.1) is 17.8 Å². The van der Waals surface area contributed by atoms with E-state index >= 15 is 0 Å². The van der Waals surface area contributed by atoms with Crippen molar-refractivity contribution in [1.29, 1.82) is 0 Å². The Kier molecular flexibility index (Phi) is 5.40. The minimum atomic E-state index is -0.165. The average molecular weight is 336 g/mol. The van der Waals surface area contributed by atoms with Crippen molar-refractivity contribution in [3.63, 3.8) is 0 Å². The Morgan fingerprint density at radius 1 is 1.50 bits per heavy atom. The standard InChI is InChI=1S/C17H28N4O3/c1-3-21-11-13(10-19-21)15-14(6-4-9-24-15)20-16(22)18-12-17(23-2)7-5-8-17/h10-11,14-15H,3-9,12H2,1-2H3,(H2,18,20,22)/t14-,15+/m0/s1. The lowest BCUT2D eigenvalue weighted by Gasteiger charge is -2.40. The van der Waals surface area contributed by atoms with E-state index in [1.165, 1.54) is 0 Å². The van der Waals surface area contributed by atoms with Crippen LogP contribution in [-0.4, -0.2) is 47.7 Å². The van der Waals surface area contributed by atoms with Crippen molar-refractivity contribution in [2.45, 2.75) is 63.3 Å². The number of nitrogens with zero attached hydrogens (tertiary/aromatic N) is 2. The van der Waals surface area contributed by atoms with Crippen molar-refractivity contribution in [2.24, 2.45) is 0 Å². The number of ether oxygens (including phenoxy) is 2. The van der Waals surface area contributed by atoms with Crippen molar-refractivity contribution in [3.05, 3.63) is 18.0 Å². The van der Waals surface area contributed by atoms with E-state index < -0.39 is 0 Å². The summed E-state index contributed by atoms with van der Waals surface area (Å²) in [5.74, 6) is 0. The summed E-state index contributed by atoms with van der Waals surface area (Å²) in [5.41, 5.74) is 0.858. The first kappa shape index (κ1) is 17.2. The van der Waals surface area contributed by atoms with E-state index in [-0.39, 0.29) is 23.8 Å². The van der Waals surface area contributed by atoms with Crippen molar-refractivity contribution in [3.8, 4) is 0 Å². The molecule has 24 heavy (non-hydrogen) atoms. The molecule has 0 aromatic carbocycles. The van der Waals surface area contributed by atoms with Crippen molar-refractivity contribution in [1.82, 2.24) is 20.4 Å². The summed E-state index contributed by atoms with van der Waals surface area (Å²) < 4.78 is 13.3. The van der Waals surface area contributed by atoms with Crippen LogP contribution in [0.25, 0.3) is 0 Å². The van der Waals surface area contributed by atoms with Gasteiger partial charge in [0, 0.05) is 38.6 Å². The number of rotatable bonds is 6. The first-order valence-corrected chi connectivity index (χ1v) is 8.89. The highest BCUT2D eigenvalue weighted by Crippen LogP contribution is 2.34. The number of methoxy groups -OCH3 is 1. The van der Waals surface area contributed by atoms with Gasteiger partial charge in [-0.3, -0.25) is 4.68 Å². The summed E-state index contributed by atoms with van der Waals surface area (Å²) in [6, 6.07) is -0.185. The Balaban J connectivity index is 1.56. The monoisotopic (exact) mass is 336 g/mol. The fourth-order valence-electron chi connectivity index (χ4n) is 3.44. The maximum absolute atomic E-state index is 12.3. The Hall–Kier alpha value is -1.60. The molecule has 7 nitrogen and oxygen atoms in total. The smallest absolute Gasteiger partial charge is 0.315 e. The van der Waals surface area contributed by atoms with Crippen LogP contribution in [0, 0.1) is 0 Å². The third-order valence-corrected chi connectivity index (χ3v) is 5.21. The number of aryl methyl sites for hydroxylation is 1. The molecule has 2 heterocycles. The number of carbonyl (C=O) groups excluding carboxylic acids is 1. The molecule has 1 saturated heterocycles. The van der Waals surface area contributed by atoms with Crippen molar-refractivity contribution in [2.75, 3.05) is 20.3 Å². The van der Waals surface area contributed by atoms with Gasteiger partial charge in [0.25, 0.3) is 0 Å². The van der Waals surface area contributed by atoms with Crippen LogP contribution in [0.3, 0.4) is 0 Å². The predicted molar refractivity (Wildman–Crippen MR) is 89.7 cm³/mol. The number of hydrogen-bond donors (Lipinski definition) is 2. The number of hydrogen-bond acceptors (Lipinski definition) is 4. The van der Waals surface area contributed by atoms with E-state index in [9.17, 15) is 4.79 Å². The van der Waals surface area contributed by atoms with Crippen LogP contribution >= 0.6 is 0 Å². The van der Waals surface area contributed by atoms with Crippen molar-refractivity contribution >= 4 is 6.03 Å². The van der Waals surface area contributed by atoms with Crippen LogP contribution in [0.4, 0.5) is 4.79 Å². The highest BCUT2D eigenvalue weighted by Gasteiger charge is 2.37. The molecule has 3 rings (SSSR count). The highest BCUT2D eigenvalue weighted by molar-refractivity contribution is 5.74. The van der Waals surface area contributed by atoms with Gasteiger partial charge in [0.2, 0.25) is 0 Å². The van der Waals surface area contributed by atoms with Gasteiger partial charge in [-0.25, -0.2) is 4.79 Å². The Labute approximate surface area is 143 Å². The fraction of sp³-hybridized carbons (Fsp3) is 0.765. The molecule has 1 saturated carbocycles. The fourth-order valence-corrected chi connectivity index (χ4v) is 3.44. The van der Waals surface area contributed by atoms with Crippen molar-refractivity contribution < 1.29 is 14.3 Å². The molecule has 7 heteroatoms. The molecule has 1 aromatic rings. The largest absolute Gasteiger partial charge is 0.376 e. The molecular formula is C17H28N4O3. The molecule has 1 aromatic heterocycles. The summed E-state index contributed by atoms with van der Waals surface area (Å²) in [4.78, 5) is 12.3. The highest BCUT2D eigenvalue weighted by atomic mass is 16.5. The number of urea groups is 1. The molecule has 2 atom stereocenters. The van der Waals surface area contributed by atoms with Gasteiger partial charge in [-0.2, -0.15) is 5.10 Å². The second-order valence-electron chi connectivity index (χ2n) is 6.74. The van der Waals surface area contributed by atoms with Gasteiger partial charge in [0.1, 0.15) is 6.10 Å². The van der Waals surface area contributed by atoms with Crippen LogP contribution in [0.2, 0.25) is 0 Å². The molecular weight excluding hydrogens is 308 g/mol. The zero-order chi connectivity index (χ0) is 17.0. The Morgan fingerprint density at radius 2 is 2.33 bits per heavy atom. The molecule has 0 bridgehead atoms. The first-order valence-electron chi connectivity index (χ1n) is 8.89. The second kappa shape index (κ2) is 7.53. The normalized spacial score (nSPS) is 25.8. The summed E-state index contributed by atoms with van der Waals surface area (Å²) in [7, 11) is 1.72. The quantitative estimate of drug-likeness (QED) is 0.833. The van der Waals surface area contributed by atoms with Gasteiger partial charge >= 0.3 is 6.03 Å². The molecule has 0 radical (unpaired) electrons. The zero-order valence-electron chi connectivity index (χ0n) is 14.6. The predicted octanol–water partition coefficient (Wildman–Crippen LogP) is 1.99. The maximum Gasteiger partial charge on any atom is 0.315 e. The third kappa shape index (κ3) is 3.72. The lowest BCUT2D eigenvalue weighted by molar-refractivity contribution is -0.0676. The van der Waals surface area contributed by atoms with Gasteiger partial charge in [-0.05, 0) is 39.0 Å². The van der Waals surface area contributed by atoms with E-state index in [1.807, 2.05) is 24.0 Å². The Morgan fingerprint density at radius 3 is 2.96 bits per heavy atom. The van der Waals surface area contributed by atoms with Gasteiger partial charge in [-0.1, -0.05) is 0 Å². The lowest BCUT2D eigenvalue weighted by atomic mass is 9.80. The molecule has 1 aliphatic carbocycles. The van der Waals surface area contributed by atoms with Gasteiger partial charge < -0.3 is 20.1 Å². The molecule has 2 aliphatic rings. The van der Waals surface area contributed by atoms with E-state index in [0.29, 0.717) is 13.2 Å². The van der Waals surface area contributed by atoms with Crippen LogP contribution < -0.4 is 10.6 Å². The van der Waals surface area contributed by atoms with E-state index in [0.717, 1.165) is 44.2 Å². The van der Waals surface area contributed by atoms with Gasteiger partial charge in [-0.15, -0.1) is 0 Å². The number of aromatic nitrogens is 2.